The van der Waals surface area contributed by atoms with Crippen molar-refractivity contribution >= 4 is 65.6 Å². The Kier molecular flexibility index (Phi) is 6.86. The Labute approximate surface area is 327 Å². The van der Waals surface area contributed by atoms with E-state index in [-0.39, 0.29) is 0 Å². The van der Waals surface area contributed by atoms with Crippen LogP contribution in [0.3, 0.4) is 0 Å². The molecule has 0 spiro atoms. The van der Waals surface area contributed by atoms with E-state index in [1.54, 1.807) is 0 Å². The highest BCUT2D eigenvalue weighted by molar-refractivity contribution is 6.22. The van der Waals surface area contributed by atoms with Crippen molar-refractivity contribution in [2.75, 3.05) is 0 Å². The second-order valence-corrected chi connectivity index (χ2v) is 14.6. The molecule has 266 valence electrons. The summed E-state index contributed by atoms with van der Waals surface area (Å²) < 4.78 is 11.2. The second-order valence-electron chi connectivity index (χ2n) is 14.6. The van der Waals surface area contributed by atoms with Crippen LogP contribution in [0.5, 0.6) is 0 Å². The summed E-state index contributed by atoms with van der Waals surface area (Å²) >= 11 is 0. The third kappa shape index (κ3) is 4.96. The molecule has 5 heteroatoms. The summed E-state index contributed by atoms with van der Waals surface area (Å²) in [5.41, 5.74) is 13.3. The van der Waals surface area contributed by atoms with Crippen LogP contribution < -0.4 is 0 Å². The molecule has 0 N–H and O–H groups in total. The number of hydrogen-bond donors (Lipinski definition) is 0. The maximum atomic E-state index is 6.43. The minimum absolute atomic E-state index is 0.682. The van der Waals surface area contributed by atoms with Gasteiger partial charge in [-0.25, -0.2) is 9.97 Å². The molecular weight excluding hydrogens is 697 g/mol. The second kappa shape index (κ2) is 12.4. The zero-order chi connectivity index (χ0) is 37.5. The molecule has 4 heterocycles. The molecule has 57 heavy (non-hydrogen) atoms. The molecule has 8 aromatic carbocycles. The Balaban J connectivity index is 1.12. The lowest BCUT2D eigenvalue weighted by Gasteiger charge is -2.12. The van der Waals surface area contributed by atoms with Gasteiger partial charge in [-0.3, -0.25) is 0 Å². The van der Waals surface area contributed by atoms with Gasteiger partial charge >= 0.3 is 0 Å². The lowest BCUT2D eigenvalue weighted by molar-refractivity contribution is 0.669. The number of nitrogens with zero attached hydrogens (tertiary/aromatic N) is 4. The molecule has 0 atom stereocenters. The molecule has 0 aliphatic rings. The monoisotopic (exact) mass is 728 g/mol. The smallest absolute Gasteiger partial charge is 0.160 e. The molecule has 0 unspecified atom stereocenters. The summed E-state index contributed by atoms with van der Waals surface area (Å²) in [6, 6.07) is 68.3. The van der Waals surface area contributed by atoms with Crippen LogP contribution in [0.2, 0.25) is 0 Å². The predicted octanol–water partition coefficient (Wildman–Crippen LogP) is 13.6. The van der Waals surface area contributed by atoms with Crippen molar-refractivity contribution in [1.82, 2.24) is 19.1 Å². The van der Waals surface area contributed by atoms with Gasteiger partial charge in [0.25, 0.3) is 0 Å². The van der Waals surface area contributed by atoms with Gasteiger partial charge in [-0.15, -0.1) is 0 Å². The van der Waals surface area contributed by atoms with Gasteiger partial charge in [0.1, 0.15) is 11.2 Å². The fourth-order valence-corrected chi connectivity index (χ4v) is 8.70. The van der Waals surface area contributed by atoms with Gasteiger partial charge in [-0.05, 0) is 60.7 Å². The van der Waals surface area contributed by atoms with Crippen LogP contribution in [0.25, 0.3) is 111 Å². The van der Waals surface area contributed by atoms with Crippen molar-refractivity contribution in [3.8, 4) is 45.3 Å². The van der Waals surface area contributed by atoms with Gasteiger partial charge in [0.05, 0.1) is 33.5 Å². The van der Waals surface area contributed by atoms with E-state index in [1.165, 1.54) is 21.5 Å². The first-order valence-corrected chi connectivity index (χ1v) is 19.2. The molecule has 0 amide bonds. The molecule has 0 saturated carbocycles. The highest BCUT2D eigenvalue weighted by atomic mass is 16.3. The molecule has 0 aliphatic heterocycles. The van der Waals surface area contributed by atoms with Gasteiger partial charge in [0, 0.05) is 66.4 Å². The summed E-state index contributed by atoms with van der Waals surface area (Å²) in [6.45, 7) is 0. The first kappa shape index (κ1) is 31.6. The van der Waals surface area contributed by atoms with E-state index in [1.807, 2.05) is 24.3 Å². The van der Waals surface area contributed by atoms with Crippen LogP contribution in [0.15, 0.2) is 199 Å². The lowest BCUT2D eigenvalue weighted by Crippen LogP contribution is -1.98. The van der Waals surface area contributed by atoms with Crippen LogP contribution in [0, 0.1) is 0 Å². The first-order valence-electron chi connectivity index (χ1n) is 19.2. The van der Waals surface area contributed by atoms with Gasteiger partial charge in [-0.2, -0.15) is 0 Å². The van der Waals surface area contributed by atoms with E-state index in [2.05, 4.69) is 179 Å². The Hall–Kier alpha value is -7.76. The van der Waals surface area contributed by atoms with Crippen LogP contribution in [-0.2, 0) is 0 Å². The van der Waals surface area contributed by atoms with Crippen molar-refractivity contribution in [1.29, 1.82) is 0 Å². The highest BCUT2D eigenvalue weighted by Crippen LogP contribution is 2.42. The van der Waals surface area contributed by atoms with Crippen molar-refractivity contribution < 1.29 is 4.42 Å². The highest BCUT2D eigenvalue weighted by Gasteiger charge is 2.21. The van der Waals surface area contributed by atoms with Crippen LogP contribution in [0.1, 0.15) is 0 Å². The third-order valence-corrected chi connectivity index (χ3v) is 11.3. The van der Waals surface area contributed by atoms with Gasteiger partial charge in [0.15, 0.2) is 5.82 Å². The third-order valence-electron chi connectivity index (χ3n) is 11.3. The summed E-state index contributed by atoms with van der Waals surface area (Å²) in [6.07, 6.45) is 0. The molecule has 4 aromatic heterocycles. The molecule has 0 aliphatic carbocycles. The van der Waals surface area contributed by atoms with E-state index < -0.39 is 0 Å². The largest absolute Gasteiger partial charge is 0.456 e. The Morgan fingerprint density at radius 2 is 0.842 bits per heavy atom. The van der Waals surface area contributed by atoms with Gasteiger partial charge < -0.3 is 13.6 Å². The molecule has 0 bridgehead atoms. The zero-order valence-corrected chi connectivity index (χ0v) is 30.7. The number of hydrogen-bond acceptors (Lipinski definition) is 3. The summed E-state index contributed by atoms with van der Waals surface area (Å²) in [5.74, 6) is 0.682. The average molecular weight is 729 g/mol. The van der Waals surface area contributed by atoms with E-state index >= 15 is 0 Å². The van der Waals surface area contributed by atoms with Crippen LogP contribution in [0.4, 0.5) is 0 Å². The number of para-hydroxylation sites is 3. The van der Waals surface area contributed by atoms with E-state index in [0.717, 1.165) is 83.5 Å². The SMILES string of the molecule is c1ccc(-c2cc(-c3ccccc3)nc(-c3cccc(-n4c5ccccc5c5cc6c7cc8c(cc7n(-c7ccccc7)c6cc54)oc4ccccc48)c3)n2)cc1. The molecule has 12 aromatic rings. The quantitative estimate of drug-likeness (QED) is 0.177. The van der Waals surface area contributed by atoms with Crippen LogP contribution in [-0.4, -0.2) is 19.1 Å². The van der Waals surface area contributed by atoms with Crippen molar-refractivity contribution in [3.05, 3.63) is 194 Å². The first-order chi connectivity index (χ1) is 28.2. The van der Waals surface area contributed by atoms with E-state index in [4.69, 9.17) is 14.4 Å². The number of benzene rings is 8. The van der Waals surface area contributed by atoms with Crippen molar-refractivity contribution in [3.63, 3.8) is 0 Å². The Bertz CT molecular complexity index is 3450. The number of rotatable bonds is 5. The fourth-order valence-electron chi connectivity index (χ4n) is 8.70. The molecule has 0 saturated heterocycles. The van der Waals surface area contributed by atoms with E-state index in [0.29, 0.717) is 5.82 Å². The predicted molar refractivity (Wildman–Crippen MR) is 234 cm³/mol. The number of furan rings is 1. The van der Waals surface area contributed by atoms with Gasteiger partial charge in [-0.1, -0.05) is 127 Å². The summed E-state index contributed by atoms with van der Waals surface area (Å²) in [5, 5.41) is 7.04. The summed E-state index contributed by atoms with van der Waals surface area (Å²) in [4.78, 5) is 10.3. The molecule has 0 radical (unpaired) electrons. The molecule has 0 fully saturated rings. The number of aromatic nitrogens is 4. The fraction of sp³-hybridized carbons (Fsp3) is 0. The standard InChI is InChI=1S/C52H32N4O/c1-4-15-33(16-5-1)44-30-45(34-17-6-2-7-18-34)54-52(53-44)35-19-14-22-37(27-35)56-46-25-12-10-23-38(46)40-28-41-42-29-43-39-24-11-13-26-50(39)57-51(43)32-49(42)55(48(41)31-47(40)56)36-20-8-3-9-21-36/h1-32H. The zero-order valence-electron chi connectivity index (χ0n) is 30.7. The number of fused-ring (bicyclic) bond motifs is 9. The van der Waals surface area contributed by atoms with Crippen molar-refractivity contribution in [2.45, 2.75) is 0 Å². The molecule has 12 rings (SSSR count). The topological polar surface area (TPSA) is 48.8 Å². The molecular formula is C52H32N4O. The normalized spacial score (nSPS) is 11.9. The van der Waals surface area contributed by atoms with Crippen LogP contribution >= 0.6 is 0 Å². The Morgan fingerprint density at radius 3 is 1.56 bits per heavy atom. The van der Waals surface area contributed by atoms with Gasteiger partial charge in [0.2, 0.25) is 0 Å². The maximum absolute atomic E-state index is 6.43. The molecule has 5 nitrogen and oxygen atoms in total. The lowest BCUT2D eigenvalue weighted by atomic mass is 10.1. The Morgan fingerprint density at radius 1 is 0.316 bits per heavy atom. The van der Waals surface area contributed by atoms with E-state index in [9.17, 15) is 0 Å². The minimum atomic E-state index is 0.682. The summed E-state index contributed by atoms with van der Waals surface area (Å²) in [7, 11) is 0. The minimum Gasteiger partial charge on any atom is -0.456 e. The average Bonchev–Trinajstić information content (AvgIpc) is 3.92. The maximum Gasteiger partial charge on any atom is 0.160 e. The van der Waals surface area contributed by atoms with Crippen molar-refractivity contribution in [2.24, 2.45) is 0 Å².